The molecule has 0 atom stereocenters. The molecule has 174 valence electrons. The Bertz CT molecular complexity index is 1110. The molecular weight excluding hydrogens is 426 g/mol. The molecule has 1 saturated heterocycles. The van der Waals surface area contributed by atoms with Crippen molar-refractivity contribution in [3.8, 4) is 17.0 Å². The van der Waals surface area contributed by atoms with Crippen LogP contribution < -0.4 is 15.8 Å². The number of nitrogens with one attached hydrogen (secondary N) is 1. The minimum absolute atomic E-state index is 0.136. The number of pyridine rings is 1. The van der Waals surface area contributed by atoms with Gasteiger partial charge in [0, 0.05) is 24.7 Å². The zero-order valence-corrected chi connectivity index (χ0v) is 18.8. The number of nitrogens with zero attached hydrogens (tertiary/aromatic N) is 2. The molecule has 1 amide bonds. The topological polar surface area (TPSA) is 80.5 Å². The van der Waals surface area contributed by atoms with Crippen molar-refractivity contribution in [2.24, 2.45) is 0 Å². The predicted octanol–water partition coefficient (Wildman–Crippen LogP) is 4.81. The van der Waals surface area contributed by atoms with Crippen LogP contribution >= 0.6 is 0 Å². The minimum Gasteiger partial charge on any atom is -0.497 e. The molecule has 0 aliphatic carbocycles. The van der Waals surface area contributed by atoms with Crippen LogP contribution in [0.1, 0.15) is 36.7 Å². The molecule has 3 N–H and O–H groups in total. The number of carbonyl (C=O) groups is 1. The quantitative estimate of drug-likeness (QED) is 0.587. The average molecular weight is 455 g/mol. The second-order valence-corrected chi connectivity index (χ2v) is 7.61. The average Bonchev–Trinajstić information content (AvgIpc) is 2.82. The number of anilines is 1. The van der Waals surface area contributed by atoms with E-state index in [2.05, 4.69) is 21.8 Å². The fraction of sp³-hybridized carbons (Fsp3) is 0.280. The summed E-state index contributed by atoms with van der Waals surface area (Å²) in [5.74, 6) is -1.88. The normalized spacial score (nSPS) is 14.7. The Morgan fingerprint density at radius 3 is 2.58 bits per heavy atom. The van der Waals surface area contributed by atoms with Gasteiger partial charge in [0.25, 0.3) is 5.91 Å². The Kier molecular flexibility index (Phi) is 7.82. The van der Waals surface area contributed by atoms with E-state index in [1.165, 1.54) is 19.2 Å². The zero-order chi connectivity index (χ0) is 24.0. The van der Waals surface area contributed by atoms with E-state index in [0.29, 0.717) is 11.4 Å². The summed E-state index contributed by atoms with van der Waals surface area (Å²) in [7, 11) is 1.41. The maximum Gasteiger partial charge on any atom is 0.276 e. The summed E-state index contributed by atoms with van der Waals surface area (Å²) in [6, 6.07) is 4.83. The molecule has 0 unspecified atom stereocenters. The van der Waals surface area contributed by atoms with E-state index in [1.807, 2.05) is 19.1 Å². The number of hydrogen-bond donors (Lipinski definition) is 2. The molecule has 1 aliphatic rings. The SMILES string of the molecule is C=C/C(NC(=O)c1nc(-c2cc(OC)ccc2F)c(F)cc1N)=C(\C=C/C)N1CCCCC1. The molecule has 0 spiro atoms. The summed E-state index contributed by atoms with van der Waals surface area (Å²) in [4.78, 5) is 19.4. The fourth-order valence-corrected chi connectivity index (χ4v) is 3.75. The third kappa shape index (κ3) is 5.39. The second-order valence-electron chi connectivity index (χ2n) is 7.61. The Balaban J connectivity index is 2.01. The van der Waals surface area contributed by atoms with Gasteiger partial charge in [-0.05, 0) is 56.5 Å². The Morgan fingerprint density at radius 1 is 1.21 bits per heavy atom. The van der Waals surface area contributed by atoms with E-state index in [1.54, 1.807) is 6.08 Å². The first-order chi connectivity index (χ1) is 15.9. The van der Waals surface area contributed by atoms with Crippen molar-refractivity contribution < 1.29 is 18.3 Å². The predicted molar refractivity (Wildman–Crippen MR) is 125 cm³/mol. The van der Waals surface area contributed by atoms with E-state index in [4.69, 9.17) is 10.5 Å². The summed E-state index contributed by atoms with van der Waals surface area (Å²) in [5.41, 5.74) is 6.37. The number of piperidine rings is 1. The molecule has 6 nitrogen and oxygen atoms in total. The number of ether oxygens (including phenoxy) is 1. The van der Waals surface area contributed by atoms with Gasteiger partial charge >= 0.3 is 0 Å². The monoisotopic (exact) mass is 454 g/mol. The molecular formula is C25H28F2N4O2. The van der Waals surface area contributed by atoms with Gasteiger partial charge in [-0.25, -0.2) is 13.8 Å². The first-order valence-electron chi connectivity index (χ1n) is 10.7. The van der Waals surface area contributed by atoms with E-state index < -0.39 is 17.5 Å². The number of rotatable bonds is 7. The van der Waals surface area contributed by atoms with Gasteiger partial charge in [0.05, 0.1) is 24.2 Å². The van der Waals surface area contributed by atoms with Gasteiger partial charge in [-0.2, -0.15) is 0 Å². The van der Waals surface area contributed by atoms with Crippen LogP contribution in [0.2, 0.25) is 0 Å². The second kappa shape index (κ2) is 10.8. The highest BCUT2D eigenvalue weighted by molar-refractivity contribution is 5.99. The number of aromatic nitrogens is 1. The van der Waals surface area contributed by atoms with Gasteiger partial charge in [-0.3, -0.25) is 4.79 Å². The molecule has 2 heterocycles. The highest BCUT2D eigenvalue weighted by Gasteiger charge is 2.22. The number of likely N-dealkylation sites (tertiary alicyclic amines) is 1. The van der Waals surface area contributed by atoms with E-state index in [0.717, 1.165) is 50.2 Å². The molecule has 1 aromatic heterocycles. The first-order valence-corrected chi connectivity index (χ1v) is 10.7. The van der Waals surface area contributed by atoms with Crippen LogP contribution in [0.15, 0.2) is 60.5 Å². The van der Waals surface area contributed by atoms with Gasteiger partial charge in [-0.15, -0.1) is 0 Å². The van der Waals surface area contributed by atoms with Gasteiger partial charge in [0.15, 0.2) is 11.5 Å². The number of nitrogen functional groups attached to an aromatic ring is 1. The highest BCUT2D eigenvalue weighted by Crippen LogP contribution is 2.30. The van der Waals surface area contributed by atoms with Crippen molar-refractivity contribution in [2.45, 2.75) is 26.2 Å². The standard InChI is InChI=1S/C25H28F2N4O2/c1-4-9-22(31-12-7-6-8-13-31)21(5-2)29-25(32)24-20(28)15-19(27)23(30-24)17-14-16(33-3)10-11-18(17)26/h4-5,9-11,14-15H,2,6-8,12-13,28H2,1,3H3,(H,29,32)/b9-4-,22-21-. The van der Waals surface area contributed by atoms with Crippen molar-refractivity contribution in [3.05, 3.63) is 77.8 Å². The van der Waals surface area contributed by atoms with Gasteiger partial charge in [0.2, 0.25) is 0 Å². The highest BCUT2D eigenvalue weighted by atomic mass is 19.1. The third-order valence-corrected chi connectivity index (χ3v) is 5.40. The number of carbonyl (C=O) groups excluding carboxylic acids is 1. The number of hydrogen-bond acceptors (Lipinski definition) is 5. The molecule has 0 saturated carbocycles. The van der Waals surface area contributed by atoms with Crippen LogP contribution in [0.5, 0.6) is 5.75 Å². The lowest BCUT2D eigenvalue weighted by Gasteiger charge is -2.31. The van der Waals surface area contributed by atoms with Crippen molar-refractivity contribution in [2.75, 3.05) is 25.9 Å². The Labute approximate surface area is 192 Å². The largest absolute Gasteiger partial charge is 0.497 e. The minimum atomic E-state index is -0.849. The maximum atomic E-state index is 14.7. The van der Waals surface area contributed by atoms with Crippen LogP contribution in [0.3, 0.4) is 0 Å². The van der Waals surface area contributed by atoms with Crippen LogP contribution in [-0.4, -0.2) is 36.0 Å². The van der Waals surface area contributed by atoms with Crippen LogP contribution in [0.25, 0.3) is 11.3 Å². The first kappa shape index (κ1) is 24.0. The number of halogens is 2. The molecule has 8 heteroatoms. The lowest BCUT2D eigenvalue weighted by molar-refractivity contribution is 0.0962. The van der Waals surface area contributed by atoms with Crippen LogP contribution in [-0.2, 0) is 0 Å². The molecule has 1 fully saturated rings. The molecule has 33 heavy (non-hydrogen) atoms. The summed E-state index contributed by atoms with van der Waals surface area (Å²) >= 11 is 0. The summed E-state index contributed by atoms with van der Waals surface area (Å²) in [5, 5.41) is 2.79. The Hall–Kier alpha value is -3.68. The molecule has 1 aliphatic heterocycles. The van der Waals surface area contributed by atoms with E-state index >= 15 is 0 Å². The summed E-state index contributed by atoms with van der Waals surface area (Å²) < 4.78 is 34.2. The van der Waals surface area contributed by atoms with Crippen LogP contribution in [0, 0.1) is 11.6 Å². The molecule has 1 aromatic carbocycles. The van der Waals surface area contributed by atoms with Crippen molar-refractivity contribution in [1.82, 2.24) is 15.2 Å². The number of allylic oxidation sites excluding steroid dienone is 3. The van der Waals surface area contributed by atoms with Gasteiger partial charge in [-0.1, -0.05) is 12.7 Å². The molecule has 2 aromatic rings. The number of amides is 1. The van der Waals surface area contributed by atoms with Crippen molar-refractivity contribution in [1.29, 1.82) is 0 Å². The number of methoxy groups -OCH3 is 1. The van der Waals surface area contributed by atoms with Gasteiger partial charge in [0.1, 0.15) is 17.3 Å². The smallest absolute Gasteiger partial charge is 0.276 e. The third-order valence-electron chi connectivity index (χ3n) is 5.40. The Morgan fingerprint density at radius 2 is 1.94 bits per heavy atom. The number of nitrogens with two attached hydrogens (primary N) is 1. The maximum absolute atomic E-state index is 14.7. The van der Waals surface area contributed by atoms with E-state index in [9.17, 15) is 13.6 Å². The number of benzene rings is 1. The summed E-state index contributed by atoms with van der Waals surface area (Å²) in [6.07, 6.45) is 8.61. The van der Waals surface area contributed by atoms with Crippen molar-refractivity contribution in [3.63, 3.8) is 0 Å². The van der Waals surface area contributed by atoms with E-state index in [-0.39, 0.29) is 22.6 Å². The van der Waals surface area contributed by atoms with Crippen LogP contribution in [0.4, 0.5) is 14.5 Å². The fourth-order valence-electron chi connectivity index (χ4n) is 3.75. The molecule has 0 radical (unpaired) electrons. The lowest BCUT2D eigenvalue weighted by atomic mass is 10.1. The summed E-state index contributed by atoms with van der Waals surface area (Å²) in [6.45, 7) is 7.45. The molecule has 0 bridgehead atoms. The molecule has 3 rings (SSSR count). The zero-order valence-electron chi connectivity index (χ0n) is 18.8. The van der Waals surface area contributed by atoms with Gasteiger partial charge < -0.3 is 20.7 Å². The lowest BCUT2D eigenvalue weighted by Crippen LogP contribution is -2.33. The van der Waals surface area contributed by atoms with Crippen molar-refractivity contribution >= 4 is 11.6 Å².